The highest BCUT2D eigenvalue weighted by Gasteiger charge is 2.15. The molecular weight excluding hydrogens is 332 g/mol. The van der Waals surface area contributed by atoms with Gasteiger partial charge in [-0.05, 0) is 23.8 Å². The van der Waals surface area contributed by atoms with Crippen LogP contribution in [0.2, 0.25) is 0 Å². The van der Waals surface area contributed by atoms with Crippen molar-refractivity contribution < 1.29 is 19.1 Å². The van der Waals surface area contributed by atoms with E-state index in [1.165, 1.54) is 18.7 Å². The van der Waals surface area contributed by atoms with Gasteiger partial charge in [-0.3, -0.25) is 9.59 Å². The fraction of sp³-hybridized carbons (Fsp3) is 0.333. The first-order valence-corrected chi connectivity index (χ1v) is 8.16. The van der Waals surface area contributed by atoms with Gasteiger partial charge < -0.3 is 20.1 Å². The molecule has 0 saturated carbocycles. The molecule has 1 saturated heterocycles. The van der Waals surface area contributed by atoms with Gasteiger partial charge in [0.05, 0.1) is 25.6 Å². The normalized spacial score (nSPS) is 15.6. The van der Waals surface area contributed by atoms with Crippen LogP contribution < -0.4 is 20.1 Å². The molecule has 1 aromatic carbocycles. The van der Waals surface area contributed by atoms with Crippen molar-refractivity contribution in [2.75, 3.05) is 26.0 Å². The van der Waals surface area contributed by atoms with Crippen molar-refractivity contribution in [2.45, 2.75) is 6.92 Å². The summed E-state index contributed by atoms with van der Waals surface area (Å²) in [6.45, 7) is 2.21. The van der Waals surface area contributed by atoms with Crippen LogP contribution in [0.3, 0.4) is 0 Å². The third-order valence-corrected chi connectivity index (χ3v) is 3.73. The number of carbonyl (C=O) groups is 2. The van der Waals surface area contributed by atoms with Crippen molar-refractivity contribution in [3.63, 3.8) is 0 Å². The smallest absolute Gasteiger partial charge is 0.236 e. The van der Waals surface area contributed by atoms with Crippen LogP contribution in [0.25, 0.3) is 0 Å². The highest BCUT2D eigenvalue weighted by Crippen LogP contribution is 2.27. The number of ether oxygens (including phenoxy) is 2. The van der Waals surface area contributed by atoms with Gasteiger partial charge in [-0.15, -0.1) is 5.10 Å². The van der Waals surface area contributed by atoms with Crippen molar-refractivity contribution in [3.05, 3.63) is 23.8 Å². The molecule has 0 bridgehead atoms. The van der Waals surface area contributed by atoms with Crippen molar-refractivity contribution in [1.29, 1.82) is 0 Å². The molecular formula is C15H18N4O4S. The van der Waals surface area contributed by atoms with Crippen LogP contribution in [-0.2, 0) is 9.59 Å². The van der Waals surface area contributed by atoms with Gasteiger partial charge in [0.2, 0.25) is 11.8 Å². The summed E-state index contributed by atoms with van der Waals surface area (Å²) in [6.07, 6.45) is 1.56. The van der Waals surface area contributed by atoms with E-state index in [2.05, 4.69) is 20.8 Å². The fourth-order valence-corrected chi connectivity index (χ4v) is 2.43. The molecule has 2 amide bonds. The molecule has 8 nitrogen and oxygen atoms in total. The average Bonchev–Trinajstić information content (AvgIpc) is 2.97. The largest absolute Gasteiger partial charge is 0.493 e. The summed E-state index contributed by atoms with van der Waals surface area (Å²) in [5, 5.41) is 13.6. The van der Waals surface area contributed by atoms with Crippen LogP contribution >= 0.6 is 11.8 Å². The predicted octanol–water partition coefficient (Wildman–Crippen LogP) is 0.763. The summed E-state index contributed by atoms with van der Waals surface area (Å²) in [7, 11) is 1.54. The topological polar surface area (TPSA) is 101 Å². The van der Waals surface area contributed by atoms with Crippen molar-refractivity contribution in [2.24, 2.45) is 10.2 Å². The van der Waals surface area contributed by atoms with Gasteiger partial charge in [0, 0.05) is 6.92 Å². The first-order valence-electron chi connectivity index (χ1n) is 7.17. The number of thioether (sulfide) groups is 1. The lowest BCUT2D eigenvalue weighted by molar-refractivity contribution is -0.119. The highest BCUT2D eigenvalue weighted by atomic mass is 32.2. The van der Waals surface area contributed by atoms with E-state index in [9.17, 15) is 9.59 Å². The van der Waals surface area contributed by atoms with E-state index in [1.807, 2.05) is 0 Å². The molecule has 2 N–H and O–H groups in total. The Kier molecular flexibility index (Phi) is 6.62. The first kappa shape index (κ1) is 17.8. The number of amides is 2. The maximum absolute atomic E-state index is 11.0. The lowest BCUT2D eigenvalue weighted by Crippen LogP contribution is -2.25. The average molecular weight is 350 g/mol. The summed E-state index contributed by atoms with van der Waals surface area (Å²) in [5.74, 6) is 1.32. The Hall–Kier alpha value is -2.55. The van der Waals surface area contributed by atoms with Crippen LogP contribution in [0.1, 0.15) is 12.5 Å². The lowest BCUT2D eigenvalue weighted by atomic mass is 10.2. The Labute approximate surface area is 143 Å². The number of hydrogen-bond donors (Lipinski definition) is 2. The van der Waals surface area contributed by atoms with E-state index in [0.717, 1.165) is 5.56 Å². The molecule has 24 heavy (non-hydrogen) atoms. The number of methoxy groups -OCH3 is 1. The molecule has 9 heteroatoms. The summed E-state index contributed by atoms with van der Waals surface area (Å²) >= 11 is 1.31. The van der Waals surface area contributed by atoms with E-state index < -0.39 is 0 Å². The highest BCUT2D eigenvalue weighted by molar-refractivity contribution is 8.15. The third kappa shape index (κ3) is 5.58. The minimum Gasteiger partial charge on any atom is -0.493 e. The zero-order valence-electron chi connectivity index (χ0n) is 13.4. The maximum atomic E-state index is 11.0. The van der Waals surface area contributed by atoms with Gasteiger partial charge in [0.15, 0.2) is 16.7 Å². The molecule has 1 heterocycles. The molecule has 1 aliphatic rings. The van der Waals surface area contributed by atoms with Crippen LogP contribution in [0.15, 0.2) is 28.4 Å². The Balaban J connectivity index is 1.95. The Morgan fingerprint density at radius 1 is 1.46 bits per heavy atom. The minimum atomic E-state index is -0.102. The molecule has 0 spiro atoms. The molecule has 128 valence electrons. The second kappa shape index (κ2) is 8.92. The number of carbonyl (C=O) groups excluding carboxylic acids is 2. The number of nitrogens with zero attached hydrogens (tertiary/aromatic N) is 2. The summed E-state index contributed by atoms with van der Waals surface area (Å²) in [5.41, 5.74) is 0.778. The van der Waals surface area contributed by atoms with Gasteiger partial charge in [-0.2, -0.15) is 5.10 Å². The molecule has 0 unspecified atom stereocenters. The summed E-state index contributed by atoms with van der Waals surface area (Å²) in [4.78, 5) is 21.8. The number of benzene rings is 1. The molecule has 0 aliphatic carbocycles. The molecule has 0 aromatic heterocycles. The molecule has 0 radical (unpaired) electrons. The Morgan fingerprint density at radius 3 is 2.96 bits per heavy atom. The minimum absolute atomic E-state index is 0.0728. The second-order valence-electron chi connectivity index (χ2n) is 4.73. The summed E-state index contributed by atoms with van der Waals surface area (Å²) in [6, 6.07) is 5.32. The van der Waals surface area contributed by atoms with Gasteiger partial charge in [0.1, 0.15) is 6.61 Å². The van der Waals surface area contributed by atoms with Gasteiger partial charge >= 0.3 is 0 Å². The van der Waals surface area contributed by atoms with Gasteiger partial charge in [-0.25, -0.2) is 0 Å². The SMILES string of the molecule is COc1cc(C=NN=C2NC(=O)CS2)ccc1OCCNC(C)=O. The molecule has 1 aliphatic heterocycles. The second-order valence-corrected chi connectivity index (χ2v) is 5.69. The van der Waals surface area contributed by atoms with Crippen molar-refractivity contribution in [1.82, 2.24) is 10.6 Å². The van der Waals surface area contributed by atoms with E-state index in [4.69, 9.17) is 9.47 Å². The van der Waals surface area contributed by atoms with E-state index in [0.29, 0.717) is 35.6 Å². The van der Waals surface area contributed by atoms with Crippen LogP contribution in [-0.4, -0.2) is 49.2 Å². The maximum Gasteiger partial charge on any atom is 0.236 e. The Morgan fingerprint density at radius 2 is 2.29 bits per heavy atom. The van der Waals surface area contributed by atoms with E-state index in [1.54, 1.807) is 31.5 Å². The zero-order valence-corrected chi connectivity index (χ0v) is 14.2. The predicted molar refractivity (Wildman–Crippen MR) is 92.8 cm³/mol. The standard InChI is InChI=1S/C15H18N4O4S/c1-10(20)16-5-6-23-12-4-3-11(7-13(12)22-2)8-17-19-15-18-14(21)9-24-15/h3-4,7-8H,5-6,9H2,1-2H3,(H,16,20)(H,18,19,21). The van der Waals surface area contributed by atoms with Gasteiger partial charge in [-0.1, -0.05) is 11.8 Å². The van der Waals surface area contributed by atoms with Crippen molar-refractivity contribution in [3.8, 4) is 11.5 Å². The number of hydrogen-bond acceptors (Lipinski definition) is 7. The number of amidine groups is 1. The summed E-state index contributed by atoms with van der Waals surface area (Å²) < 4.78 is 10.9. The quantitative estimate of drug-likeness (QED) is 0.430. The zero-order chi connectivity index (χ0) is 17.4. The van der Waals surface area contributed by atoms with E-state index in [-0.39, 0.29) is 11.8 Å². The first-order chi connectivity index (χ1) is 11.6. The van der Waals surface area contributed by atoms with Crippen LogP contribution in [0, 0.1) is 0 Å². The van der Waals surface area contributed by atoms with Gasteiger partial charge in [0.25, 0.3) is 0 Å². The lowest BCUT2D eigenvalue weighted by Gasteiger charge is -2.11. The van der Waals surface area contributed by atoms with Crippen molar-refractivity contribution >= 4 is 35.0 Å². The molecule has 1 aromatic rings. The number of nitrogens with one attached hydrogen (secondary N) is 2. The number of rotatable bonds is 7. The van der Waals surface area contributed by atoms with E-state index >= 15 is 0 Å². The Bertz CT molecular complexity index is 675. The molecule has 2 rings (SSSR count). The monoisotopic (exact) mass is 350 g/mol. The fourth-order valence-electron chi connectivity index (χ4n) is 1.80. The molecule has 0 atom stereocenters. The molecule has 1 fully saturated rings. The third-order valence-electron chi connectivity index (χ3n) is 2.86. The van der Waals surface area contributed by atoms with Crippen LogP contribution in [0.4, 0.5) is 0 Å². The van der Waals surface area contributed by atoms with Crippen LogP contribution in [0.5, 0.6) is 11.5 Å².